The number of hydrogen-bond donors (Lipinski definition) is 0. The predicted octanol–water partition coefficient (Wildman–Crippen LogP) is 14.5. The van der Waals surface area contributed by atoms with Gasteiger partial charge >= 0.3 is 505 Å². The summed E-state index contributed by atoms with van der Waals surface area (Å²) in [4.78, 5) is 12.6. The normalized spacial score (nSPS) is 13.0. The van der Waals surface area contributed by atoms with Gasteiger partial charge in [0.25, 0.3) is 0 Å². The standard InChI is InChI=1S/C76H50B2N4SSe/c1-7-28-52(29-8-1)79(53-30-9-2-10-31-53)58-46-68-73-70(48-58)83-75-64(77(73)62-42-21-23-44-66(62)81(68)56-36-15-5-16-37-56)50-65-76(72(75)61-41-25-27-51-26-19-20-40-60(51)61)84-71-49-59(80(54-32-11-3-12-33-54)55-34-13-4-14-35-55)47-69-74(71)78(65)63-43-22-24-45-67(63)82(69)57-38-17-6-18-39-57/h1-50H. The molecule has 0 bridgehead atoms. The van der Waals surface area contributed by atoms with E-state index in [9.17, 15) is 0 Å². The molecule has 4 aliphatic rings. The third kappa shape index (κ3) is 7.79. The van der Waals surface area contributed by atoms with E-state index in [1.54, 1.807) is 0 Å². The molecule has 392 valence electrons. The van der Waals surface area contributed by atoms with Gasteiger partial charge in [0.05, 0.1) is 0 Å². The molecule has 13 aromatic carbocycles. The average Bonchev–Trinajstić information content (AvgIpc) is 0.995. The first-order valence-electron chi connectivity index (χ1n) is 28.8. The summed E-state index contributed by atoms with van der Waals surface area (Å²) in [5.74, 6) is 0. The molecule has 0 fully saturated rings. The summed E-state index contributed by atoms with van der Waals surface area (Å²) in [6, 6.07) is 113. The number of benzene rings is 13. The van der Waals surface area contributed by atoms with E-state index in [-0.39, 0.29) is 28.4 Å². The summed E-state index contributed by atoms with van der Waals surface area (Å²) < 4.78 is 2.85. The summed E-state index contributed by atoms with van der Waals surface area (Å²) in [6.45, 7) is -0.122. The van der Waals surface area contributed by atoms with E-state index in [0.717, 1.165) is 45.5 Å². The van der Waals surface area contributed by atoms with Gasteiger partial charge in [0, 0.05) is 0 Å². The van der Waals surface area contributed by atoms with Crippen molar-refractivity contribution in [2.45, 2.75) is 9.79 Å². The minimum absolute atomic E-state index is 0.0510. The zero-order valence-corrected chi connectivity index (χ0v) is 48.2. The van der Waals surface area contributed by atoms with Gasteiger partial charge in [-0.15, -0.1) is 0 Å². The van der Waals surface area contributed by atoms with Crippen LogP contribution in [0.15, 0.2) is 313 Å². The van der Waals surface area contributed by atoms with Crippen LogP contribution in [0.4, 0.5) is 68.2 Å². The average molecular weight is 1150 g/mol. The Morgan fingerprint density at radius 2 is 0.774 bits per heavy atom. The second-order valence-electron chi connectivity index (χ2n) is 21.9. The van der Waals surface area contributed by atoms with Crippen molar-refractivity contribution < 1.29 is 0 Å². The molecule has 4 heterocycles. The molecule has 0 aliphatic carbocycles. The fourth-order valence-electron chi connectivity index (χ4n) is 13.8. The van der Waals surface area contributed by atoms with E-state index in [4.69, 9.17) is 0 Å². The van der Waals surface area contributed by atoms with Gasteiger partial charge in [-0.05, 0) is 0 Å². The first-order valence-corrected chi connectivity index (χ1v) is 31.3. The van der Waals surface area contributed by atoms with Gasteiger partial charge in [0.15, 0.2) is 0 Å². The molecule has 0 radical (unpaired) electrons. The van der Waals surface area contributed by atoms with Crippen molar-refractivity contribution in [1.82, 2.24) is 0 Å². The number of rotatable bonds is 9. The van der Waals surface area contributed by atoms with Crippen LogP contribution >= 0.6 is 11.8 Å². The molecule has 4 aliphatic heterocycles. The van der Waals surface area contributed by atoms with Crippen LogP contribution < -0.4 is 61.3 Å². The van der Waals surface area contributed by atoms with E-state index in [1.165, 1.54) is 96.1 Å². The molecule has 0 aromatic heterocycles. The van der Waals surface area contributed by atoms with Crippen LogP contribution in [-0.2, 0) is 0 Å². The van der Waals surface area contributed by atoms with Crippen molar-refractivity contribution in [3.8, 4) is 11.1 Å². The first kappa shape index (κ1) is 49.0. The molecule has 4 nitrogen and oxygen atoms in total. The summed E-state index contributed by atoms with van der Waals surface area (Å²) in [5.41, 5.74) is 24.6. The molecule has 0 atom stereocenters. The monoisotopic (exact) mass is 1150 g/mol. The number of para-hydroxylation sites is 8. The van der Waals surface area contributed by atoms with Gasteiger partial charge in [-0.2, -0.15) is 0 Å². The Balaban J connectivity index is 0.981. The Hall–Kier alpha value is -9.68. The molecule has 0 unspecified atom stereocenters. The molecule has 0 saturated heterocycles. The summed E-state index contributed by atoms with van der Waals surface area (Å²) in [7, 11) is 0. The molecule has 17 rings (SSSR count). The SMILES string of the molecule is c1ccc(N(c2ccccc2)c2cc3c4c(c2)N(c2ccccc2)c2ccccc2B4c2cc4c(c(-c5cccc6ccccc56)c2S3)[Se]c2cc(N(c3ccccc3)c3ccccc3)cc3c2B4c2ccccc2N3c2ccccc2)cc1. The summed E-state index contributed by atoms with van der Waals surface area (Å²) in [6.07, 6.45) is 0. The Morgan fingerprint density at radius 1 is 0.333 bits per heavy atom. The first-order chi connectivity index (χ1) is 41.7. The Bertz CT molecular complexity index is 4370. The van der Waals surface area contributed by atoms with E-state index in [1.807, 2.05) is 11.8 Å². The van der Waals surface area contributed by atoms with Gasteiger partial charge in [0.1, 0.15) is 0 Å². The molecule has 0 amide bonds. The summed E-state index contributed by atoms with van der Waals surface area (Å²) in [5, 5.41) is 2.51. The van der Waals surface area contributed by atoms with Crippen LogP contribution in [0.1, 0.15) is 0 Å². The van der Waals surface area contributed by atoms with Crippen molar-refractivity contribution in [2.24, 2.45) is 0 Å². The Labute approximate surface area is 501 Å². The van der Waals surface area contributed by atoms with Crippen molar-refractivity contribution in [1.29, 1.82) is 0 Å². The molecule has 13 aromatic rings. The number of anilines is 12. The zero-order valence-electron chi connectivity index (χ0n) is 45.6. The molecule has 84 heavy (non-hydrogen) atoms. The van der Waals surface area contributed by atoms with Gasteiger partial charge in [-0.1, -0.05) is 0 Å². The fraction of sp³-hybridized carbons (Fsp3) is 0. The number of hydrogen-bond acceptors (Lipinski definition) is 5. The minimum atomic E-state index is -0.166. The van der Waals surface area contributed by atoms with Crippen LogP contribution in [-0.4, -0.2) is 28.4 Å². The van der Waals surface area contributed by atoms with Crippen molar-refractivity contribution in [3.63, 3.8) is 0 Å². The topological polar surface area (TPSA) is 13.0 Å². The van der Waals surface area contributed by atoms with Crippen LogP contribution in [0, 0.1) is 0 Å². The van der Waals surface area contributed by atoms with E-state index >= 15 is 0 Å². The second-order valence-corrected chi connectivity index (χ2v) is 25.2. The van der Waals surface area contributed by atoms with Gasteiger partial charge in [-0.3, -0.25) is 0 Å². The maximum absolute atomic E-state index is 2.70. The molecule has 0 N–H and O–H groups in total. The quantitative estimate of drug-likeness (QED) is 0.133. The summed E-state index contributed by atoms with van der Waals surface area (Å²) >= 11 is 1.81. The van der Waals surface area contributed by atoms with Gasteiger partial charge in [0.2, 0.25) is 0 Å². The van der Waals surface area contributed by atoms with E-state index in [2.05, 4.69) is 323 Å². The molecule has 0 saturated carbocycles. The fourth-order valence-corrected chi connectivity index (χ4v) is 18.1. The third-order valence-electron chi connectivity index (χ3n) is 17.2. The third-order valence-corrected chi connectivity index (χ3v) is 21.0. The van der Waals surface area contributed by atoms with Crippen LogP contribution in [0.2, 0.25) is 0 Å². The molecular weight excluding hydrogens is 1100 g/mol. The van der Waals surface area contributed by atoms with Crippen LogP contribution in [0.25, 0.3) is 21.9 Å². The second kappa shape index (κ2) is 20.0. The van der Waals surface area contributed by atoms with Crippen molar-refractivity contribution >= 4 is 161 Å². The number of nitrogens with zero attached hydrogens (tertiary/aromatic N) is 4. The van der Waals surface area contributed by atoms with Crippen molar-refractivity contribution in [2.75, 3.05) is 19.6 Å². The Morgan fingerprint density at radius 3 is 1.32 bits per heavy atom. The molecule has 0 spiro atoms. The zero-order chi connectivity index (χ0) is 55.2. The predicted molar refractivity (Wildman–Crippen MR) is 359 cm³/mol. The van der Waals surface area contributed by atoms with E-state index < -0.39 is 0 Å². The molecular formula is C76H50B2N4SSe. The maximum atomic E-state index is 2.70. The van der Waals surface area contributed by atoms with Gasteiger partial charge in [-0.25, -0.2) is 0 Å². The van der Waals surface area contributed by atoms with Crippen LogP contribution in [0.5, 0.6) is 0 Å². The van der Waals surface area contributed by atoms with Crippen molar-refractivity contribution in [3.05, 3.63) is 303 Å². The van der Waals surface area contributed by atoms with Crippen LogP contribution in [0.3, 0.4) is 0 Å². The number of fused-ring (bicyclic) bond motifs is 9. The Kier molecular flexibility index (Phi) is 11.7. The van der Waals surface area contributed by atoms with E-state index in [0.29, 0.717) is 0 Å². The molecule has 8 heteroatoms. The van der Waals surface area contributed by atoms with Gasteiger partial charge < -0.3 is 0 Å².